The maximum absolute atomic E-state index is 13.4. The van der Waals surface area contributed by atoms with Gasteiger partial charge in [0.1, 0.15) is 17.7 Å². The third-order valence-electron chi connectivity index (χ3n) is 5.03. The highest BCUT2D eigenvalue weighted by Gasteiger charge is 2.34. The Morgan fingerprint density at radius 2 is 1.69 bits per heavy atom. The number of alkyl halides is 3. The molecule has 4 rings (SSSR count). The van der Waals surface area contributed by atoms with Gasteiger partial charge in [-0.1, -0.05) is 12.1 Å². The Morgan fingerprint density at radius 1 is 1.03 bits per heavy atom. The van der Waals surface area contributed by atoms with Crippen LogP contribution in [0.15, 0.2) is 55.0 Å². The van der Waals surface area contributed by atoms with Crippen molar-refractivity contribution in [3.63, 3.8) is 0 Å². The molecule has 180 valence electrons. The lowest BCUT2D eigenvalue weighted by Gasteiger charge is -2.12. The van der Waals surface area contributed by atoms with E-state index in [4.69, 9.17) is 5.73 Å². The predicted molar refractivity (Wildman–Crippen MR) is 120 cm³/mol. The molecule has 13 heteroatoms. The summed E-state index contributed by atoms with van der Waals surface area (Å²) in [6.45, 7) is 0. The summed E-state index contributed by atoms with van der Waals surface area (Å²) >= 11 is 0. The molecular formula is C22H17F4N7O2. The highest BCUT2D eigenvalue weighted by Crippen LogP contribution is 2.34. The van der Waals surface area contributed by atoms with Crippen molar-refractivity contribution >= 4 is 34.6 Å². The van der Waals surface area contributed by atoms with E-state index in [1.807, 2.05) is 0 Å². The van der Waals surface area contributed by atoms with Crippen molar-refractivity contribution in [2.75, 3.05) is 23.4 Å². The van der Waals surface area contributed by atoms with Crippen molar-refractivity contribution in [2.45, 2.75) is 6.18 Å². The molecule has 0 aliphatic rings. The monoisotopic (exact) mass is 487 g/mol. The number of urea groups is 1. The van der Waals surface area contributed by atoms with Gasteiger partial charge in [0, 0.05) is 30.2 Å². The Labute approximate surface area is 195 Å². The van der Waals surface area contributed by atoms with Crippen LogP contribution < -0.4 is 21.7 Å². The van der Waals surface area contributed by atoms with E-state index in [1.54, 1.807) is 12.1 Å². The molecule has 0 saturated heterocycles. The minimum atomic E-state index is -4.90. The van der Waals surface area contributed by atoms with Gasteiger partial charge in [-0.15, -0.1) is 0 Å². The maximum atomic E-state index is 13.4. The summed E-state index contributed by atoms with van der Waals surface area (Å²) in [4.78, 5) is 28.6. The molecule has 3 amide bonds. The van der Waals surface area contributed by atoms with E-state index in [9.17, 15) is 27.2 Å². The van der Waals surface area contributed by atoms with Gasteiger partial charge in [0.05, 0.1) is 11.1 Å². The number of anilines is 3. The summed E-state index contributed by atoms with van der Waals surface area (Å²) in [6.07, 6.45) is -2.14. The second-order valence-corrected chi connectivity index (χ2v) is 7.28. The molecule has 0 atom stereocenters. The number of amides is 3. The fourth-order valence-corrected chi connectivity index (χ4v) is 3.47. The molecule has 0 fully saturated rings. The van der Waals surface area contributed by atoms with Crippen LogP contribution in [0.5, 0.6) is 0 Å². The van der Waals surface area contributed by atoms with E-state index in [1.165, 1.54) is 36.2 Å². The number of nitrogens with zero attached hydrogens (tertiary/aromatic N) is 3. The summed E-state index contributed by atoms with van der Waals surface area (Å²) in [5.41, 5.74) is 6.35. The molecule has 0 saturated carbocycles. The second kappa shape index (κ2) is 8.93. The van der Waals surface area contributed by atoms with Crippen LogP contribution in [0.1, 0.15) is 15.9 Å². The molecular weight excluding hydrogens is 470 g/mol. The van der Waals surface area contributed by atoms with Crippen LogP contribution in [-0.2, 0) is 6.18 Å². The third-order valence-corrected chi connectivity index (χ3v) is 5.03. The van der Waals surface area contributed by atoms with Gasteiger partial charge in [0.2, 0.25) is 0 Å². The number of nitrogen functional groups attached to an aromatic ring is 1. The number of hydrogen-bond acceptors (Lipinski definition) is 5. The number of halogens is 4. The van der Waals surface area contributed by atoms with Crippen molar-refractivity contribution in [1.29, 1.82) is 0 Å². The summed E-state index contributed by atoms with van der Waals surface area (Å²) in [5, 5.41) is 11.3. The van der Waals surface area contributed by atoms with Gasteiger partial charge in [-0.3, -0.25) is 4.79 Å². The molecule has 0 radical (unpaired) electrons. The Morgan fingerprint density at radius 3 is 2.34 bits per heavy atom. The zero-order valence-electron chi connectivity index (χ0n) is 17.9. The molecule has 35 heavy (non-hydrogen) atoms. The fraction of sp³-hybridized carbons (Fsp3) is 0.0909. The van der Waals surface area contributed by atoms with Crippen LogP contribution >= 0.6 is 0 Å². The molecule has 9 nitrogen and oxygen atoms in total. The quantitative estimate of drug-likeness (QED) is 0.322. The van der Waals surface area contributed by atoms with E-state index in [2.05, 4.69) is 26.0 Å². The van der Waals surface area contributed by atoms with Crippen molar-refractivity contribution in [3.05, 3.63) is 71.9 Å². The summed E-state index contributed by atoms with van der Waals surface area (Å²) in [7, 11) is 1.48. The molecule has 0 unspecified atom stereocenters. The van der Waals surface area contributed by atoms with E-state index < -0.39 is 23.6 Å². The Bertz CT molecular complexity index is 1430. The van der Waals surface area contributed by atoms with E-state index in [-0.39, 0.29) is 17.4 Å². The van der Waals surface area contributed by atoms with Crippen molar-refractivity contribution in [3.8, 4) is 11.1 Å². The van der Waals surface area contributed by atoms with Crippen molar-refractivity contribution < 1.29 is 27.2 Å². The number of fused-ring (bicyclic) bond motifs is 1. The Balaban J connectivity index is 1.57. The van der Waals surface area contributed by atoms with Crippen molar-refractivity contribution in [2.24, 2.45) is 0 Å². The standard InChI is InChI=1S/C22H17F4N7O2/c1-28-20(34)14-9-33-18(19(27)29-10-30-33)17(14)11-2-4-12(5-3-11)31-21(35)32-13-6-7-16(23)15(8-13)22(24,25)26/h2-10H,1H3,(H,28,34)(H2,27,29,30)(H2,31,32,35). The number of hydrogen-bond donors (Lipinski definition) is 4. The van der Waals surface area contributed by atoms with Gasteiger partial charge in [0.15, 0.2) is 5.82 Å². The highest BCUT2D eigenvalue weighted by molar-refractivity contribution is 6.07. The lowest BCUT2D eigenvalue weighted by molar-refractivity contribution is -0.139. The first-order valence-corrected chi connectivity index (χ1v) is 9.97. The van der Waals surface area contributed by atoms with Crippen LogP contribution in [-0.4, -0.2) is 33.6 Å². The van der Waals surface area contributed by atoms with Crippen LogP contribution in [0, 0.1) is 5.82 Å². The average Bonchev–Trinajstić information content (AvgIpc) is 3.20. The van der Waals surface area contributed by atoms with Gasteiger partial charge in [-0.2, -0.15) is 18.3 Å². The van der Waals surface area contributed by atoms with Crippen LogP contribution in [0.4, 0.5) is 39.5 Å². The van der Waals surface area contributed by atoms with Crippen LogP contribution in [0.2, 0.25) is 0 Å². The minimum absolute atomic E-state index is 0.157. The molecule has 2 heterocycles. The van der Waals surface area contributed by atoms with E-state index >= 15 is 0 Å². The average molecular weight is 487 g/mol. The summed E-state index contributed by atoms with van der Waals surface area (Å²) in [5.74, 6) is -1.66. The largest absolute Gasteiger partial charge is 0.419 e. The van der Waals surface area contributed by atoms with Gasteiger partial charge >= 0.3 is 12.2 Å². The zero-order chi connectivity index (χ0) is 25.3. The number of carbonyl (C=O) groups excluding carboxylic acids is 2. The number of carbonyl (C=O) groups is 2. The lowest BCUT2D eigenvalue weighted by Crippen LogP contribution is -2.20. The third kappa shape index (κ3) is 4.69. The lowest BCUT2D eigenvalue weighted by atomic mass is 10.0. The zero-order valence-corrected chi connectivity index (χ0v) is 17.9. The molecule has 0 spiro atoms. The first-order chi connectivity index (χ1) is 16.6. The Hall–Kier alpha value is -4.68. The second-order valence-electron chi connectivity index (χ2n) is 7.28. The highest BCUT2D eigenvalue weighted by atomic mass is 19.4. The van der Waals surface area contributed by atoms with E-state index in [0.717, 1.165) is 6.07 Å². The first kappa shape index (κ1) is 23.5. The first-order valence-electron chi connectivity index (χ1n) is 9.97. The number of nitrogens with one attached hydrogen (secondary N) is 3. The molecule has 0 aliphatic heterocycles. The summed E-state index contributed by atoms with van der Waals surface area (Å²) in [6, 6.07) is 7.58. The van der Waals surface area contributed by atoms with Gasteiger partial charge < -0.3 is 21.7 Å². The normalized spacial score (nSPS) is 11.3. The molecule has 0 bridgehead atoms. The van der Waals surface area contributed by atoms with Crippen LogP contribution in [0.25, 0.3) is 16.6 Å². The van der Waals surface area contributed by atoms with Gasteiger partial charge in [0.25, 0.3) is 5.91 Å². The van der Waals surface area contributed by atoms with Crippen molar-refractivity contribution in [1.82, 2.24) is 19.9 Å². The fourth-order valence-electron chi connectivity index (χ4n) is 3.47. The molecule has 2 aromatic heterocycles. The molecule has 4 aromatic rings. The number of aromatic nitrogens is 3. The number of nitrogens with two attached hydrogens (primary N) is 1. The number of benzene rings is 2. The van der Waals surface area contributed by atoms with E-state index in [0.29, 0.717) is 40.0 Å². The SMILES string of the molecule is CNC(=O)c1cn2ncnc(N)c2c1-c1ccc(NC(=O)Nc2ccc(F)c(C(F)(F)F)c2)cc1. The Kier molecular flexibility index (Phi) is 5.99. The molecule has 5 N–H and O–H groups in total. The minimum Gasteiger partial charge on any atom is -0.382 e. The maximum Gasteiger partial charge on any atom is 0.419 e. The van der Waals surface area contributed by atoms with Gasteiger partial charge in [-0.25, -0.2) is 18.7 Å². The van der Waals surface area contributed by atoms with Gasteiger partial charge in [-0.05, 0) is 35.9 Å². The number of rotatable bonds is 4. The molecule has 0 aliphatic carbocycles. The smallest absolute Gasteiger partial charge is 0.382 e. The predicted octanol–water partition coefficient (Wildman–Crippen LogP) is 4.14. The topological polar surface area (TPSA) is 126 Å². The molecule has 2 aromatic carbocycles. The summed E-state index contributed by atoms with van der Waals surface area (Å²) < 4.78 is 53.5. The van der Waals surface area contributed by atoms with Crippen LogP contribution in [0.3, 0.4) is 0 Å².